The second-order valence-electron chi connectivity index (χ2n) is 3.26. The standard InChI is InChI=1S/C11H12O5/c1-13-6-16-11-3-7-8(12)5-15-9(7)4-10(11)14-2/h3-4H,5-6H2,1-2H3. The molecule has 16 heavy (non-hydrogen) atoms. The van der Waals surface area contributed by atoms with Crippen LogP contribution in [-0.4, -0.2) is 33.4 Å². The number of Topliss-reactive ketones (excluding diaryl/α,β-unsaturated/α-hetero) is 1. The minimum atomic E-state index is -0.0556. The van der Waals surface area contributed by atoms with Gasteiger partial charge in [-0.15, -0.1) is 0 Å². The molecule has 0 saturated carbocycles. The van der Waals surface area contributed by atoms with Crippen molar-refractivity contribution in [3.05, 3.63) is 17.7 Å². The van der Waals surface area contributed by atoms with Crippen LogP contribution in [0.5, 0.6) is 17.2 Å². The van der Waals surface area contributed by atoms with E-state index in [4.69, 9.17) is 18.9 Å². The van der Waals surface area contributed by atoms with Crippen LogP contribution in [0.4, 0.5) is 0 Å². The first-order chi connectivity index (χ1) is 7.76. The molecule has 86 valence electrons. The fourth-order valence-electron chi connectivity index (χ4n) is 1.49. The van der Waals surface area contributed by atoms with E-state index in [0.717, 1.165) is 0 Å². The lowest BCUT2D eigenvalue weighted by Crippen LogP contribution is -2.02. The summed E-state index contributed by atoms with van der Waals surface area (Å²) in [6, 6.07) is 3.26. The van der Waals surface area contributed by atoms with E-state index in [1.165, 1.54) is 14.2 Å². The van der Waals surface area contributed by atoms with Gasteiger partial charge in [0, 0.05) is 13.2 Å². The lowest BCUT2D eigenvalue weighted by atomic mass is 10.1. The number of carbonyl (C=O) groups excluding carboxylic acids is 1. The molecule has 1 heterocycles. The molecule has 0 aliphatic carbocycles. The second-order valence-corrected chi connectivity index (χ2v) is 3.26. The summed E-state index contributed by atoms with van der Waals surface area (Å²) in [5, 5.41) is 0. The van der Waals surface area contributed by atoms with E-state index in [9.17, 15) is 4.79 Å². The Bertz CT molecular complexity index is 413. The van der Waals surface area contributed by atoms with Crippen LogP contribution < -0.4 is 14.2 Å². The topological polar surface area (TPSA) is 54.0 Å². The summed E-state index contributed by atoms with van der Waals surface area (Å²) in [6.45, 7) is 0.177. The van der Waals surface area contributed by atoms with Gasteiger partial charge in [0.05, 0.1) is 12.7 Å². The summed E-state index contributed by atoms with van der Waals surface area (Å²) < 4.78 is 20.4. The molecule has 5 heteroatoms. The molecular formula is C11H12O5. The van der Waals surface area contributed by atoms with Crippen LogP contribution in [0.2, 0.25) is 0 Å². The van der Waals surface area contributed by atoms with Crippen LogP contribution in [0.15, 0.2) is 12.1 Å². The van der Waals surface area contributed by atoms with E-state index in [0.29, 0.717) is 22.8 Å². The van der Waals surface area contributed by atoms with E-state index in [1.54, 1.807) is 12.1 Å². The summed E-state index contributed by atoms with van der Waals surface area (Å²) in [5.41, 5.74) is 0.520. The van der Waals surface area contributed by atoms with Crippen molar-refractivity contribution in [3.63, 3.8) is 0 Å². The van der Waals surface area contributed by atoms with Crippen LogP contribution in [0.1, 0.15) is 10.4 Å². The molecule has 1 aromatic carbocycles. The zero-order valence-electron chi connectivity index (χ0n) is 9.11. The van der Waals surface area contributed by atoms with E-state index in [-0.39, 0.29) is 19.2 Å². The Kier molecular flexibility index (Phi) is 2.96. The van der Waals surface area contributed by atoms with Gasteiger partial charge < -0.3 is 18.9 Å². The molecule has 0 saturated heterocycles. The van der Waals surface area contributed by atoms with Gasteiger partial charge in [-0.1, -0.05) is 0 Å². The van der Waals surface area contributed by atoms with Crippen molar-refractivity contribution in [2.45, 2.75) is 0 Å². The smallest absolute Gasteiger partial charge is 0.204 e. The Labute approximate surface area is 92.9 Å². The highest BCUT2D eigenvalue weighted by Gasteiger charge is 2.24. The van der Waals surface area contributed by atoms with Crippen molar-refractivity contribution in [2.75, 3.05) is 27.6 Å². The summed E-state index contributed by atoms with van der Waals surface area (Å²) in [6.07, 6.45) is 0. The van der Waals surface area contributed by atoms with E-state index < -0.39 is 0 Å². The van der Waals surface area contributed by atoms with Gasteiger partial charge >= 0.3 is 0 Å². The number of benzene rings is 1. The Morgan fingerprint density at radius 1 is 1.31 bits per heavy atom. The zero-order valence-corrected chi connectivity index (χ0v) is 9.11. The Hall–Kier alpha value is -1.75. The van der Waals surface area contributed by atoms with Crippen LogP contribution in [0.25, 0.3) is 0 Å². The molecule has 1 aromatic rings. The number of carbonyl (C=O) groups is 1. The van der Waals surface area contributed by atoms with Crippen LogP contribution in [0.3, 0.4) is 0 Å². The Morgan fingerprint density at radius 3 is 2.81 bits per heavy atom. The molecule has 0 bridgehead atoms. The van der Waals surface area contributed by atoms with Crippen molar-refractivity contribution in [2.24, 2.45) is 0 Å². The first-order valence-corrected chi connectivity index (χ1v) is 4.76. The van der Waals surface area contributed by atoms with Gasteiger partial charge in [-0.05, 0) is 6.07 Å². The Morgan fingerprint density at radius 2 is 2.12 bits per heavy atom. The molecule has 0 amide bonds. The third-order valence-corrected chi connectivity index (χ3v) is 2.26. The van der Waals surface area contributed by atoms with E-state index in [2.05, 4.69) is 0 Å². The second kappa shape index (κ2) is 4.40. The summed E-state index contributed by atoms with van der Waals surface area (Å²) in [4.78, 5) is 11.4. The molecule has 1 aliphatic rings. The lowest BCUT2D eigenvalue weighted by molar-refractivity contribution is 0.0490. The first-order valence-electron chi connectivity index (χ1n) is 4.76. The fourth-order valence-corrected chi connectivity index (χ4v) is 1.49. The SMILES string of the molecule is COCOc1cc2c(cc1OC)OCC2=O. The normalized spacial score (nSPS) is 13.2. The number of rotatable bonds is 4. The average molecular weight is 224 g/mol. The van der Waals surface area contributed by atoms with Crippen molar-refractivity contribution >= 4 is 5.78 Å². The minimum Gasteiger partial charge on any atom is -0.493 e. The average Bonchev–Trinajstić information content (AvgIpc) is 2.66. The predicted octanol–water partition coefficient (Wildman–Crippen LogP) is 1.25. The minimum absolute atomic E-state index is 0.0556. The lowest BCUT2D eigenvalue weighted by Gasteiger charge is -2.10. The van der Waals surface area contributed by atoms with Crippen molar-refractivity contribution in [1.29, 1.82) is 0 Å². The maximum atomic E-state index is 11.4. The third kappa shape index (κ3) is 1.81. The summed E-state index contributed by atoms with van der Waals surface area (Å²) in [7, 11) is 3.05. The van der Waals surface area contributed by atoms with E-state index in [1.807, 2.05) is 0 Å². The van der Waals surface area contributed by atoms with Crippen LogP contribution in [0, 0.1) is 0 Å². The molecule has 2 rings (SSSR count). The monoisotopic (exact) mass is 224 g/mol. The number of hydrogen-bond acceptors (Lipinski definition) is 5. The van der Waals surface area contributed by atoms with Gasteiger partial charge in [-0.2, -0.15) is 0 Å². The van der Waals surface area contributed by atoms with Gasteiger partial charge in [0.1, 0.15) is 5.75 Å². The zero-order chi connectivity index (χ0) is 11.5. The number of methoxy groups -OCH3 is 2. The molecular weight excluding hydrogens is 212 g/mol. The van der Waals surface area contributed by atoms with Gasteiger partial charge in [-0.3, -0.25) is 4.79 Å². The molecule has 0 radical (unpaired) electrons. The molecule has 0 aromatic heterocycles. The van der Waals surface area contributed by atoms with Crippen LogP contribution >= 0.6 is 0 Å². The first kappa shape index (κ1) is 10.8. The highest BCUT2D eigenvalue weighted by atomic mass is 16.7. The maximum Gasteiger partial charge on any atom is 0.204 e. The van der Waals surface area contributed by atoms with Crippen molar-refractivity contribution < 1.29 is 23.7 Å². The number of fused-ring (bicyclic) bond motifs is 1. The van der Waals surface area contributed by atoms with Gasteiger partial charge in [0.15, 0.2) is 24.9 Å². The molecule has 1 aliphatic heterocycles. The molecule has 0 fully saturated rings. The highest BCUT2D eigenvalue weighted by molar-refractivity contribution is 6.02. The number of ketones is 1. The number of ether oxygens (including phenoxy) is 4. The fraction of sp³-hybridized carbons (Fsp3) is 0.364. The Balaban J connectivity index is 2.35. The summed E-state index contributed by atoms with van der Waals surface area (Å²) in [5.74, 6) is 1.47. The molecule has 0 spiro atoms. The van der Waals surface area contributed by atoms with E-state index >= 15 is 0 Å². The molecule has 0 N–H and O–H groups in total. The summed E-state index contributed by atoms with van der Waals surface area (Å²) >= 11 is 0. The highest BCUT2D eigenvalue weighted by Crippen LogP contribution is 2.37. The predicted molar refractivity (Wildman–Crippen MR) is 55.3 cm³/mol. The van der Waals surface area contributed by atoms with Gasteiger partial charge in [0.25, 0.3) is 0 Å². The molecule has 0 unspecified atom stereocenters. The van der Waals surface area contributed by atoms with Crippen LogP contribution in [-0.2, 0) is 4.74 Å². The largest absolute Gasteiger partial charge is 0.493 e. The van der Waals surface area contributed by atoms with Gasteiger partial charge in [-0.25, -0.2) is 0 Å². The quantitative estimate of drug-likeness (QED) is 0.720. The van der Waals surface area contributed by atoms with Gasteiger partial charge in [0.2, 0.25) is 5.78 Å². The molecule has 5 nitrogen and oxygen atoms in total. The van der Waals surface area contributed by atoms with Crippen molar-refractivity contribution in [3.8, 4) is 17.2 Å². The van der Waals surface area contributed by atoms with Crippen molar-refractivity contribution in [1.82, 2.24) is 0 Å². The number of hydrogen-bond donors (Lipinski definition) is 0. The molecule has 0 atom stereocenters. The maximum absolute atomic E-state index is 11.4. The third-order valence-electron chi connectivity index (χ3n) is 2.26.